The molecule has 0 heterocycles. The highest BCUT2D eigenvalue weighted by atomic mass is 14.3. The van der Waals surface area contributed by atoms with E-state index in [4.69, 9.17) is 5.41 Å². The van der Waals surface area contributed by atoms with Crippen LogP contribution in [0.25, 0.3) is 0 Å². The molecule has 1 heteroatoms. The highest BCUT2D eigenvalue weighted by Gasteiger charge is 2.05. The van der Waals surface area contributed by atoms with Gasteiger partial charge in [0.05, 0.1) is 0 Å². The topological polar surface area (TPSA) is 23.9 Å². The molecule has 0 saturated heterocycles. The van der Waals surface area contributed by atoms with Crippen LogP contribution < -0.4 is 0 Å². The van der Waals surface area contributed by atoms with E-state index in [2.05, 4.69) is 31.2 Å². The third kappa shape index (κ3) is 2.19. The van der Waals surface area contributed by atoms with Gasteiger partial charge >= 0.3 is 0 Å². The zero-order chi connectivity index (χ0) is 8.10. The van der Waals surface area contributed by atoms with Gasteiger partial charge in [-0.2, -0.15) is 0 Å². The molecule has 1 atom stereocenters. The quantitative estimate of drug-likeness (QED) is 0.581. The monoisotopic (exact) mass is 147 g/mol. The van der Waals surface area contributed by atoms with Gasteiger partial charge in [0, 0.05) is 12.1 Å². The first-order chi connectivity index (χ1) is 5.34. The molecule has 0 aromatic heterocycles. The minimum absolute atomic E-state index is 0.515. The first-order valence-electron chi connectivity index (χ1n) is 3.85. The van der Waals surface area contributed by atoms with Gasteiger partial charge in [0.25, 0.3) is 0 Å². The largest absolute Gasteiger partial charge is 0.309 e. The van der Waals surface area contributed by atoms with Crippen molar-refractivity contribution in [3.8, 4) is 0 Å². The predicted octanol–water partition coefficient (Wildman–Crippen LogP) is 2.71. The number of nitrogens with one attached hydrogen (secondary N) is 1. The molecule has 0 spiro atoms. The van der Waals surface area contributed by atoms with Crippen molar-refractivity contribution in [2.75, 3.05) is 0 Å². The molecule has 1 aliphatic carbocycles. The molecule has 1 aliphatic rings. The summed E-state index contributed by atoms with van der Waals surface area (Å²) in [4.78, 5) is 0. The summed E-state index contributed by atoms with van der Waals surface area (Å²) in [6.45, 7) is 2.13. The van der Waals surface area contributed by atoms with E-state index < -0.39 is 0 Å². The molecule has 1 nitrogen and oxygen atoms in total. The van der Waals surface area contributed by atoms with Gasteiger partial charge in [-0.05, 0) is 19.4 Å². The van der Waals surface area contributed by atoms with Gasteiger partial charge in [-0.15, -0.1) is 0 Å². The Balaban J connectivity index is 2.60. The molecule has 0 bridgehead atoms. The summed E-state index contributed by atoms with van der Waals surface area (Å²) in [6, 6.07) is 0. The van der Waals surface area contributed by atoms with Crippen molar-refractivity contribution < 1.29 is 0 Å². The number of hydrogen-bond donors (Lipinski definition) is 1. The number of rotatable bonds is 2. The van der Waals surface area contributed by atoms with Crippen molar-refractivity contribution in [2.45, 2.75) is 13.3 Å². The lowest BCUT2D eigenvalue weighted by molar-refractivity contribution is 0.765. The first-order valence-corrected chi connectivity index (χ1v) is 3.85. The molecule has 1 rings (SSSR count). The normalized spacial score (nSPS) is 23.7. The number of allylic oxidation sites excluding steroid dienone is 6. The van der Waals surface area contributed by atoms with Crippen molar-refractivity contribution in [3.63, 3.8) is 0 Å². The molecule has 1 unspecified atom stereocenters. The van der Waals surface area contributed by atoms with E-state index in [-0.39, 0.29) is 0 Å². The summed E-state index contributed by atoms with van der Waals surface area (Å²) in [6.07, 6.45) is 12.6. The average Bonchev–Trinajstić information content (AvgIpc) is 2.03. The summed E-state index contributed by atoms with van der Waals surface area (Å²) < 4.78 is 0. The second-order valence-corrected chi connectivity index (χ2v) is 2.73. The Morgan fingerprint density at radius 2 is 2.45 bits per heavy atom. The van der Waals surface area contributed by atoms with Crippen LogP contribution in [0.4, 0.5) is 0 Å². The van der Waals surface area contributed by atoms with Crippen LogP contribution in [-0.4, -0.2) is 6.21 Å². The maximum absolute atomic E-state index is 6.84. The van der Waals surface area contributed by atoms with Crippen LogP contribution in [0.1, 0.15) is 13.3 Å². The molecule has 58 valence electrons. The van der Waals surface area contributed by atoms with Crippen molar-refractivity contribution in [2.24, 2.45) is 5.92 Å². The van der Waals surface area contributed by atoms with E-state index in [9.17, 15) is 0 Å². The second-order valence-electron chi connectivity index (χ2n) is 2.73. The molecule has 11 heavy (non-hydrogen) atoms. The lowest BCUT2D eigenvalue weighted by Gasteiger charge is -2.13. The Bertz CT molecular complexity index is 221. The molecule has 0 aromatic rings. The predicted molar refractivity (Wildman–Crippen MR) is 48.9 cm³/mol. The summed E-state index contributed by atoms with van der Waals surface area (Å²) >= 11 is 0. The lowest BCUT2D eigenvalue weighted by Crippen LogP contribution is -1.99. The molecule has 0 fully saturated rings. The highest BCUT2D eigenvalue weighted by Crippen LogP contribution is 2.20. The van der Waals surface area contributed by atoms with Gasteiger partial charge in [0.1, 0.15) is 0 Å². The zero-order valence-electron chi connectivity index (χ0n) is 6.75. The van der Waals surface area contributed by atoms with Gasteiger partial charge < -0.3 is 5.41 Å². The third-order valence-electron chi connectivity index (χ3n) is 1.91. The SMILES string of the molecule is CC1=CC=CCC1/C=C\C=N. The smallest absolute Gasteiger partial charge is 0.0174 e. The average molecular weight is 147 g/mol. The summed E-state index contributed by atoms with van der Waals surface area (Å²) in [7, 11) is 0. The van der Waals surface area contributed by atoms with Gasteiger partial charge in [-0.3, -0.25) is 0 Å². The standard InChI is InChI=1S/C10H13N/c1-9-5-2-3-6-10(9)7-4-8-11/h2-5,7-8,10-11H,6H2,1H3/b7-4-,11-8?. The third-order valence-corrected chi connectivity index (χ3v) is 1.91. The van der Waals surface area contributed by atoms with Crippen LogP contribution in [0, 0.1) is 11.3 Å². The fourth-order valence-electron chi connectivity index (χ4n) is 1.17. The van der Waals surface area contributed by atoms with E-state index in [1.165, 1.54) is 11.8 Å². The van der Waals surface area contributed by atoms with Crippen LogP contribution in [-0.2, 0) is 0 Å². The Morgan fingerprint density at radius 3 is 3.09 bits per heavy atom. The van der Waals surface area contributed by atoms with Crippen LogP contribution in [0.15, 0.2) is 36.0 Å². The van der Waals surface area contributed by atoms with Crippen LogP contribution in [0.2, 0.25) is 0 Å². The second kappa shape index (κ2) is 3.91. The molecule has 0 radical (unpaired) electrons. The van der Waals surface area contributed by atoms with E-state index in [0.29, 0.717) is 5.92 Å². The summed E-state index contributed by atoms with van der Waals surface area (Å²) in [5.74, 6) is 0.515. The maximum Gasteiger partial charge on any atom is 0.0174 e. The Morgan fingerprint density at radius 1 is 1.64 bits per heavy atom. The molecule has 0 aromatic carbocycles. The Hall–Kier alpha value is -1.11. The number of hydrogen-bond acceptors (Lipinski definition) is 1. The van der Waals surface area contributed by atoms with Crippen molar-refractivity contribution in [1.82, 2.24) is 0 Å². The summed E-state index contributed by atoms with van der Waals surface area (Å²) in [5.41, 5.74) is 1.38. The van der Waals surface area contributed by atoms with E-state index in [1.54, 1.807) is 6.08 Å². The van der Waals surface area contributed by atoms with Crippen molar-refractivity contribution >= 4 is 6.21 Å². The van der Waals surface area contributed by atoms with Gasteiger partial charge in [0.15, 0.2) is 0 Å². The molecular formula is C10H13N. The highest BCUT2D eigenvalue weighted by molar-refractivity contribution is 5.67. The Labute approximate surface area is 67.6 Å². The van der Waals surface area contributed by atoms with Crippen molar-refractivity contribution in [1.29, 1.82) is 5.41 Å². The fourth-order valence-corrected chi connectivity index (χ4v) is 1.17. The van der Waals surface area contributed by atoms with Crippen LogP contribution in [0.5, 0.6) is 0 Å². The Kier molecular flexibility index (Phi) is 2.84. The minimum Gasteiger partial charge on any atom is -0.309 e. The summed E-state index contributed by atoms with van der Waals surface area (Å²) in [5, 5.41) is 6.84. The first kappa shape index (κ1) is 7.99. The van der Waals surface area contributed by atoms with Gasteiger partial charge in [-0.25, -0.2) is 0 Å². The molecule has 0 saturated carbocycles. The molecule has 1 N–H and O–H groups in total. The van der Waals surface area contributed by atoms with Crippen molar-refractivity contribution in [3.05, 3.63) is 36.0 Å². The minimum atomic E-state index is 0.515. The zero-order valence-corrected chi connectivity index (χ0v) is 6.75. The molecule has 0 amide bonds. The fraction of sp³-hybridized carbons (Fsp3) is 0.300. The van der Waals surface area contributed by atoms with E-state index in [1.807, 2.05) is 0 Å². The van der Waals surface area contributed by atoms with Gasteiger partial charge in [0.2, 0.25) is 0 Å². The van der Waals surface area contributed by atoms with Crippen LogP contribution in [0.3, 0.4) is 0 Å². The van der Waals surface area contributed by atoms with E-state index >= 15 is 0 Å². The molecular weight excluding hydrogens is 134 g/mol. The maximum atomic E-state index is 6.84. The van der Waals surface area contributed by atoms with Gasteiger partial charge in [-0.1, -0.05) is 29.9 Å². The van der Waals surface area contributed by atoms with E-state index in [0.717, 1.165) is 6.42 Å². The lowest BCUT2D eigenvalue weighted by atomic mass is 9.92. The van der Waals surface area contributed by atoms with Crippen LogP contribution >= 0.6 is 0 Å². The molecule has 0 aliphatic heterocycles.